The van der Waals surface area contributed by atoms with Crippen molar-refractivity contribution >= 4 is 22.4 Å². The Balaban J connectivity index is 1.98. The lowest BCUT2D eigenvalue weighted by Gasteiger charge is -2.10. The Labute approximate surface area is 165 Å². The third kappa shape index (κ3) is 4.21. The highest BCUT2D eigenvalue weighted by molar-refractivity contribution is 6.06. The van der Waals surface area contributed by atoms with Gasteiger partial charge in [-0.25, -0.2) is 18.9 Å². The SMILES string of the molecule is CCCCn1nc(C(=O)N/N=C(/C)c2c(F)cccc2F)c2ccccc2c1=O. The maximum absolute atomic E-state index is 13.9. The van der Waals surface area contributed by atoms with E-state index in [-0.39, 0.29) is 22.5 Å². The first-order valence-electron chi connectivity index (χ1n) is 9.23. The van der Waals surface area contributed by atoms with Crippen LogP contribution >= 0.6 is 0 Å². The number of rotatable bonds is 6. The van der Waals surface area contributed by atoms with E-state index in [9.17, 15) is 18.4 Å². The van der Waals surface area contributed by atoms with Gasteiger partial charge in [-0.2, -0.15) is 10.2 Å². The predicted molar refractivity (Wildman–Crippen MR) is 107 cm³/mol. The van der Waals surface area contributed by atoms with Gasteiger partial charge in [-0.15, -0.1) is 0 Å². The Morgan fingerprint density at radius 2 is 1.76 bits per heavy atom. The number of benzene rings is 2. The standard InChI is InChI=1S/C21H20F2N4O2/c1-3-4-12-27-21(29)15-9-6-5-8-14(15)19(26-27)20(28)25-24-13(2)18-16(22)10-7-11-17(18)23/h5-11H,3-4,12H2,1-2H3,(H,25,28)/b24-13-. The molecule has 0 aliphatic carbocycles. The maximum Gasteiger partial charge on any atom is 0.292 e. The van der Waals surface area contributed by atoms with Gasteiger partial charge in [0, 0.05) is 11.9 Å². The molecule has 29 heavy (non-hydrogen) atoms. The van der Waals surface area contributed by atoms with Gasteiger partial charge in [-0.1, -0.05) is 37.6 Å². The average molecular weight is 398 g/mol. The van der Waals surface area contributed by atoms with E-state index in [1.807, 2.05) is 6.92 Å². The highest BCUT2D eigenvalue weighted by Gasteiger charge is 2.17. The molecule has 3 aromatic rings. The zero-order valence-electron chi connectivity index (χ0n) is 16.1. The van der Waals surface area contributed by atoms with Crippen LogP contribution in [0, 0.1) is 11.6 Å². The molecular weight excluding hydrogens is 378 g/mol. The van der Waals surface area contributed by atoms with Crippen molar-refractivity contribution in [1.29, 1.82) is 0 Å². The zero-order valence-corrected chi connectivity index (χ0v) is 16.1. The number of nitrogens with zero attached hydrogens (tertiary/aromatic N) is 3. The number of nitrogens with one attached hydrogen (secondary N) is 1. The van der Waals surface area contributed by atoms with Gasteiger partial charge < -0.3 is 0 Å². The van der Waals surface area contributed by atoms with Crippen LogP contribution in [-0.4, -0.2) is 21.4 Å². The molecule has 1 amide bonds. The summed E-state index contributed by atoms with van der Waals surface area (Å²) in [6.45, 7) is 3.75. The molecule has 6 nitrogen and oxygen atoms in total. The van der Waals surface area contributed by atoms with Crippen molar-refractivity contribution in [2.75, 3.05) is 0 Å². The summed E-state index contributed by atoms with van der Waals surface area (Å²) >= 11 is 0. The molecule has 0 unspecified atom stereocenters. The van der Waals surface area contributed by atoms with E-state index in [1.54, 1.807) is 24.3 Å². The second-order valence-electron chi connectivity index (χ2n) is 6.51. The maximum atomic E-state index is 13.9. The number of hydrogen-bond donors (Lipinski definition) is 1. The Hall–Kier alpha value is -3.42. The number of carbonyl (C=O) groups excluding carboxylic acids is 1. The van der Waals surface area contributed by atoms with E-state index >= 15 is 0 Å². The molecule has 0 aliphatic rings. The molecule has 1 N–H and O–H groups in total. The molecule has 8 heteroatoms. The third-order valence-electron chi connectivity index (χ3n) is 4.46. The van der Waals surface area contributed by atoms with Crippen molar-refractivity contribution in [1.82, 2.24) is 15.2 Å². The molecule has 0 spiro atoms. The van der Waals surface area contributed by atoms with Gasteiger partial charge in [0.25, 0.3) is 11.5 Å². The number of carbonyl (C=O) groups is 1. The molecule has 150 valence electrons. The highest BCUT2D eigenvalue weighted by Crippen LogP contribution is 2.15. The normalized spacial score (nSPS) is 11.7. The van der Waals surface area contributed by atoms with Gasteiger partial charge in [0.05, 0.1) is 16.7 Å². The van der Waals surface area contributed by atoms with E-state index in [1.165, 1.54) is 17.7 Å². The molecule has 0 radical (unpaired) electrons. The second-order valence-corrected chi connectivity index (χ2v) is 6.51. The van der Waals surface area contributed by atoms with Gasteiger partial charge in [-0.05, 0) is 31.5 Å². The lowest BCUT2D eigenvalue weighted by molar-refractivity contribution is 0.0949. The highest BCUT2D eigenvalue weighted by atomic mass is 19.1. The Kier molecular flexibility index (Phi) is 6.11. The molecular formula is C21H20F2N4O2. The number of unbranched alkanes of at least 4 members (excludes halogenated alkanes) is 1. The average Bonchev–Trinajstić information content (AvgIpc) is 2.71. The van der Waals surface area contributed by atoms with Crippen LogP contribution in [0.15, 0.2) is 52.4 Å². The molecule has 0 atom stereocenters. The van der Waals surface area contributed by atoms with Crippen LogP contribution in [0.2, 0.25) is 0 Å². The van der Waals surface area contributed by atoms with Gasteiger partial charge in [0.1, 0.15) is 11.6 Å². The first kappa shape index (κ1) is 20.3. The number of hydrazone groups is 1. The largest absolute Gasteiger partial charge is 0.292 e. The van der Waals surface area contributed by atoms with Gasteiger partial charge in [0.2, 0.25) is 0 Å². The summed E-state index contributed by atoms with van der Waals surface area (Å²) in [6.07, 6.45) is 1.59. The summed E-state index contributed by atoms with van der Waals surface area (Å²) in [5.41, 5.74) is 1.67. The Morgan fingerprint density at radius 3 is 2.41 bits per heavy atom. The summed E-state index contributed by atoms with van der Waals surface area (Å²) in [5, 5.41) is 8.77. The van der Waals surface area contributed by atoms with Crippen molar-refractivity contribution < 1.29 is 13.6 Å². The number of amides is 1. The van der Waals surface area contributed by atoms with Crippen molar-refractivity contribution in [3.8, 4) is 0 Å². The summed E-state index contributed by atoms with van der Waals surface area (Å²) in [6, 6.07) is 10.1. The lowest BCUT2D eigenvalue weighted by atomic mass is 10.1. The van der Waals surface area contributed by atoms with Crippen molar-refractivity contribution in [2.45, 2.75) is 33.2 Å². The fraction of sp³-hybridized carbons (Fsp3) is 0.238. The molecule has 0 fully saturated rings. The van der Waals surface area contributed by atoms with Gasteiger partial charge >= 0.3 is 0 Å². The molecule has 0 saturated carbocycles. The predicted octanol–water partition coefficient (Wildman–Crippen LogP) is 3.63. The number of aryl methyl sites for hydroxylation is 1. The summed E-state index contributed by atoms with van der Waals surface area (Å²) in [5.74, 6) is -2.24. The molecule has 0 aliphatic heterocycles. The van der Waals surface area contributed by atoms with Gasteiger partial charge in [0.15, 0.2) is 5.69 Å². The lowest BCUT2D eigenvalue weighted by Crippen LogP contribution is -2.29. The molecule has 1 heterocycles. The van der Waals surface area contributed by atoms with Crippen LogP contribution in [0.3, 0.4) is 0 Å². The van der Waals surface area contributed by atoms with E-state index in [2.05, 4.69) is 15.6 Å². The Bertz CT molecular complexity index is 1130. The van der Waals surface area contributed by atoms with Crippen molar-refractivity contribution in [3.05, 3.63) is 75.7 Å². The first-order chi connectivity index (χ1) is 13.9. The van der Waals surface area contributed by atoms with E-state index < -0.39 is 17.5 Å². The van der Waals surface area contributed by atoms with Crippen molar-refractivity contribution in [2.24, 2.45) is 5.10 Å². The molecule has 1 aromatic heterocycles. The summed E-state index contributed by atoms with van der Waals surface area (Å²) in [7, 11) is 0. The first-order valence-corrected chi connectivity index (χ1v) is 9.23. The Morgan fingerprint density at radius 1 is 1.10 bits per heavy atom. The smallest absolute Gasteiger partial charge is 0.267 e. The van der Waals surface area contributed by atoms with Gasteiger partial charge in [-0.3, -0.25) is 9.59 Å². The van der Waals surface area contributed by atoms with E-state index in [0.29, 0.717) is 17.3 Å². The van der Waals surface area contributed by atoms with Crippen LogP contribution in [0.25, 0.3) is 10.8 Å². The van der Waals surface area contributed by atoms with E-state index in [0.717, 1.165) is 25.0 Å². The van der Waals surface area contributed by atoms with Crippen LogP contribution < -0.4 is 11.0 Å². The minimum atomic E-state index is -0.780. The second kappa shape index (κ2) is 8.72. The minimum Gasteiger partial charge on any atom is -0.267 e. The van der Waals surface area contributed by atoms with Crippen LogP contribution in [0.5, 0.6) is 0 Å². The van der Waals surface area contributed by atoms with Crippen LogP contribution in [0.4, 0.5) is 8.78 Å². The topological polar surface area (TPSA) is 76.3 Å². The fourth-order valence-corrected chi connectivity index (χ4v) is 2.95. The number of aromatic nitrogens is 2. The third-order valence-corrected chi connectivity index (χ3v) is 4.46. The molecule has 3 rings (SSSR count). The van der Waals surface area contributed by atoms with E-state index in [4.69, 9.17) is 0 Å². The molecule has 0 saturated heterocycles. The quantitative estimate of drug-likeness (QED) is 0.509. The monoisotopic (exact) mass is 398 g/mol. The minimum absolute atomic E-state index is 0.0156. The number of halogens is 2. The molecule has 2 aromatic carbocycles. The van der Waals surface area contributed by atoms with Crippen LogP contribution in [-0.2, 0) is 6.54 Å². The van der Waals surface area contributed by atoms with Crippen LogP contribution in [0.1, 0.15) is 42.7 Å². The number of hydrogen-bond acceptors (Lipinski definition) is 4. The number of fused-ring (bicyclic) bond motifs is 1. The van der Waals surface area contributed by atoms with Crippen molar-refractivity contribution in [3.63, 3.8) is 0 Å². The fourth-order valence-electron chi connectivity index (χ4n) is 2.95. The summed E-state index contributed by atoms with van der Waals surface area (Å²) in [4.78, 5) is 25.3. The summed E-state index contributed by atoms with van der Waals surface area (Å²) < 4.78 is 29.0. The zero-order chi connectivity index (χ0) is 21.0. The molecule has 0 bridgehead atoms.